The molecule has 0 unspecified atom stereocenters. The van der Waals surface area contributed by atoms with Gasteiger partial charge < -0.3 is 10.4 Å². The Balaban J connectivity index is 1.85. The molecule has 0 saturated heterocycles. The van der Waals surface area contributed by atoms with Crippen molar-refractivity contribution in [3.63, 3.8) is 0 Å². The Bertz CT molecular complexity index is 1160. The topological polar surface area (TPSA) is 113 Å². The number of para-hydroxylation sites is 1. The monoisotopic (exact) mass is 474 g/mol. The van der Waals surface area contributed by atoms with E-state index in [1.165, 1.54) is 42.5 Å². The molecule has 0 atom stereocenters. The number of aromatic carboxylic acids is 1. The average molecular weight is 475 g/mol. The predicted octanol–water partition coefficient (Wildman–Crippen LogP) is 4.20. The van der Waals surface area contributed by atoms with Crippen LogP contribution >= 0.6 is 15.9 Å². The summed E-state index contributed by atoms with van der Waals surface area (Å²) in [4.78, 5) is 23.4. The van der Waals surface area contributed by atoms with Crippen LogP contribution in [0.4, 0.5) is 11.4 Å². The van der Waals surface area contributed by atoms with E-state index in [1.807, 2.05) is 6.07 Å². The van der Waals surface area contributed by atoms with Gasteiger partial charge in [-0.3, -0.25) is 9.52 Å². The molecule has 0 bridgehead atoms. The number of carboxylic acid groups (broad SMARTS) is 1. The number of carboxylic acids is 1. The first-order valence-corrected chi connectivity index (χ1v) is 10.6. The molecule has 0 aromatic heterocycles. The highest BCUT2D eigenvalue weighted by Gasteiger charge is 2.19. The largest absolute Gasteiger partial charge is 0.478 e. The molecule has 7 nitrogen and oxygen atoms in total. The van der Waals surface area contributed by atoms with Gasteiger partial charge in [-0.05, 0) is 70.5 Å². The second-order valence-electron chi connectivity index (χ2n) is 5.95. The van der Waals surface area contributed by atoms with E-state index in [1.54, 1.807) is 24.3 Å². The lowest BCUT2D eigenvalue weighted by Crippen LogP contribution is -2.16. The van der Waals surface area contributed by atoms with Crippen LogP contribution in [-0.4, -0.2) is 25.4 Å². The minimum absolute atomic E-state index is 0.0384. The van der Waals surface area contributed by atoms with Crippen molar-refractivity contribution < 1.29 is 23.1 Å². The first-order valence-electron chi connectivity index (χ1n) is 8.28. The van der Waals surface area contributed by atoms with Crippen LogP contribution in [0.5, 0.6) is 0 Å². The summed E-state index contributed by atoms with van der Waals surface area (Å²) in [5, 5.41) is 11.6. The average Bonchev–Trinajstić information content (AvgIpc) is 2.69. The lowest BCUT2D eigenvalue weighted by atomic mass is 10.2. The number of halogens is 1. The van der Waals surface area contributed by atoms with Crippen molar-refractivity contribution in [3.8, 4) is 0 Å². The lowest BCUT2D eigenvalue weighted by molar-refractivity contribution is 0.0696. The van der Waals surface area contributed by atoms with E-state index in [2.05, 4.69) is 26.0 Å². The zero-order valence-electron chi connectivity index (χ0n) is 14.8. The summed E-state index contributed by atoms with van der Waals surface area (Å²) >= 11 is 3.27. The molecule has 148 valence electrons. The first-order chi connectivity index (χ1) is 13.8. The molecule has 0 aliphatic rings. The van der Waals surface area contributed by atoms with Crippen LogP contribution in [0.3, 0.4) is 0 Å². The number of carbonyl (C=O) groups is 2. The Hall–Kier alpha value is -3.17. The Morgan fingerprint density at radius 1 is 0.862 bits per heavy atom. The summed E-state index contributed by atoms with van der Waals surface area (Å²) in [6, 6.07) is 18.2. The Morgan fingerprint density at radius 2 is 1.52 bits per heavy atom. The SMILES string of the molecule is O=C(O)c1ccc(NS(=O)(=O)c2ccc(Br)c(C(=O)Nc3ccccc3)c2)cc1. The molecule has 0 aliphatic heterocycles. The molecule has 3 aromatic carbocycles. The van der Waals surface area contributed by atoms with Gasteiger partial charge in [0, 0.05) is 15.8 Å². The van der Waals surface area contributed by atoms with Crippen LogP contribution in [-0.2, 0) is 10.0 Å². The molecule has 1 amide bonds. The number of hydrogen-bond donors (Lipinski definition) is 3. The van der Waals surface area contributed by atoms with E-state index in [4.69, 9.17) is 5.11 Å². The smallest absolute Gasteiger partial charge is 0.335 e. The van der Waals surface area contributed by atoms with Crippen molar-refractivity contribution in [2.75, 3.05) is 10.0 Å². The quantitative estimate of drug-likeness (QED) is 0.495. The lowest BCUT2D eigenvalue weighted by Gasteiger charge is -2.11. The van der Waals surface area contributed by atoms with E-state index in [0.717, 1.165) is 0 Å². The molecular weight excluding hydrogens is 460 g/mol. The molecule has 3 aromatic rings. The third-order valence-corrected chi connectivity index (χ3v) is 5.98. The third-order valence-electron chi connectivity index (χ3n) is 3.91. The van der Waals surface area contributed by atoms with Crippen LogP contribution in [0, 0.1) is 0 Å². The van der Waals surface area contributed by atoms with E-state index in [-0.39, 0.29) is 21.7 Å². The Labute approximate surface area is 175 Å². The zero-order valence-corrected chi connectivity index (χ0v) is 17.2. The highest BCUT2D eigenvalue weighted by molar-refractivity contribution is 9.10. The maximum absolute atomic E-state index is 12.7. The maximum Gasteiger partial charge on any atom is 0.335 e. The number of hydrogen-bond acceptors (Lipinski definition) is 4. The second-order valence-corrected chi connectivity index (χ2v) is 8.49. The summed E-state index contributed by atoms with van der Waals surface area (Å²) in [5.74, 6) is -1.58. The third kappa shape index (κ3) is 5.01. The van der Waals surface area contributed by atoms with Gasteiger partial charge in [0.25, 0.3) is 15.9 Å². The molecule has 0 aliphatic carbocycles. The summed E-state index contributed by atoms with van der Waals surface area (Å²) in [6.45, 7) is 0. The molecule has 9 heteroatoms. The van der Waals surface area contributed by atoms with E-state index in [0.29, 0.717) is 10.2 Å². The number of sulfonamides is 1. The van der Waals surface area contributed by atoms with E-state index in [9.17, 15) is 18.0 Å². The highest BCUT2D eigenvalue weighted by atomic mass is 79.9. The van der Waals surface area contributed by atoms with Crippen LogP contribution in [0.1, 0.15) is 20.7 Å². The maximum atomic E-state index is 12.7. The molecule has 0 radical (unpaired) electrons. The number of nitrogens with one attached hydrogen (secondary N) is 2. The van der Waals surface area contributed by atoms with Gasteiger partial charge in [0.05, 0.1) is 16.0 Å². The second kappa shape index (κ2) is 8.46. The van der Waals surface area contributed by atoms with Gasteiger partial charge in [0.15, 0.2) is 0 Å². The summed E-state index contributed by atoms with van der Waals surface area (Å²) < 4.78 is 28.2. The van der Waals surface area contributed by atoms with Crippen LogP contribution in [0.2, 0.25) is 0 Å². The van der Waals surface area contributed by atoms with Gasteiger partial charge >= 0.3 is 5.97 Å². The van der Waals surface area contributed by atoms with Crippen LogP contribution in [0.15, 0.2) is 82.2 Å². The van der Waals surface area contributed by atoms with Gasteiger partial charge in [-0.2, -0.15) is 0 Å². The van der Waals surface area contributed by atoms with Crippen molar-refractivity contribution in [2.45, 2.75) is 4.90 Å². The number of amides is 1. The fourth-order valence-electron chi connectivity index (χ4n) is 2.46. The fourth-order valence-corrected chi connectivity index (χ4v) is 3.97. The van der Waals surface area contributed by atoms with Crippen molar-refractivity contribution >= 4 is 49.2 Å². The zero-order chi connectivity index (χ0) is 21.0. The van der Waals surface area contributed by atoms with Gasteiger partial charge in [-0.15, -0.1) is 0 Å². The van der Waals surface area contributed by atoms with Crippen LogP contribution in [0.25, 0.3) is 0 Å². The Morgan fingerprint density at radius 3 is 2.14 bits per heavy atom. The molecule has 29 heavy (non-hydrogen) atoms. The standard InChI is InChI=1S/C20H15BrN2O5S/c21-18-11-10-16(12-17(18)19(24)22-14-4-2-1-3-5-14)29(27,28)23-15-8-6-13(7-9-15)20(25)26/h1-12,23H,(H,22,24)(H,25,26). The molecule has 0 heterocycles. The van der Waals surface area contributed by atoms with Crippen molar-refractivity contribution in [3.05, 3.63) is 88.4 Å². The predicted molar refractivity (Wildman–Crippen MR) is 113 cm³/mol. The first kappa shape index (κ1) is 20.6. The minimum atomic E-state index is -3.99. The van der Waals surface area contributed by atoms with Crippen molar-refractivity contribution in [1.82, 2.24) is 0 Å². The van der Waals surface area contributed by atoms with Gasteiger partial charge in [0.1, 0.15) is 0 Å². The van der Waals surface area contributed by atoms with Crippen molar-refractivity contribution in [2.24, 2.45) is 0 Å². The summed E-state index contributed by atoms with van der Waals surface area (Å²) in [6.07, 6.45) is 0. The van der Waals surface area contributed by atoms with Gasteiger partial charge in [-0.1, -0.05) is 18.2 Å². The number of carbonyl (C=O) groups excluding carboxylic acids is 1. The van der Waals surface area contributed by atoms with Gasteiger partial charge in [0.2, 0.25) is 0 Å². The Kier molecular flexibility index (Phi) is 6.00. The molecule has 0 spiro atoms. The summed E-state index contributed by atoms with van der Waals surface area (Å²) in [7, 11) is -3.99. The fraction of sp³-hybridized carbons (Fsp3) is 0. The number of anilines is 2. The molecule has 3 rings (SSSR count). The normalized spacial score (nSPS) is 10.9. The van der Waals surface area contributed by atoms with E-state index >= 15 is 0 Å². The number of rotatable bonds is 6. The van der Waals surface area contributed by atoms with E-state index < -0.39 is 21.9 Å². The molecular formula is C20H15BrN2O5S. The van der Waals surface area contributed by atoms with Crippen LogP contribution < -0.4 is 10.0 Å². The summed E-state index contributed by atoms with van der Waals surface area (Å²) in [5.41, 5.74) is 0.969. The van der Waals surface area contributed by atoms with Gasteiger partial charge in [-0.25, -0.2) is 13.2 Å². The molecule has 3 N–H and O–H groups in total. The molecule has 0 fully saturated rings. The van der Waals surface area contributed by atoms with Crippen molar-refractivity contribution in [1.29, 1.82) is 0 Å². The minimum Gasteiger partial charge on any atom is -0.478 e. The molecule has 0 saturated carbocycles. The number of benzene rings is 3. The highest BCUT2D eigenvalue weighted by Crippen LogP contribution is 2.24.